The summed E-state index contributed by atoms with van der Waals surface area (Å²) in [7, 11) is 0. The molecule has 1 saturated carbocycles. The van der Waals surface area contributed by atoms with Gasteiger partial charge >= 0.3 is 0 Å². The summed E-state index contributed by atoms with van der Waals surface area (Å²) in [6, 6.07) is 3.58. The van der Waals surface area contributed by atoms with Crippen molar-refractivity contribution in [2.45, 2.75) is 26.2 Å². The van der Waals surface area contributed by atoms with E-state index in [4.69, 9.17) is 5.73 Å². The molecule has 1 aliphatic rings. The molecule has 16 heavy (non-hydrogen) atoms. The smallest absolute Gasteiger partial charge is 0.231 e. The molecule has 0 spiro atoms. The first-order valence-corrected chi connectivity index (χ1v) is 5.75. The quantitative estimate of drug-likeness (QED) is 0.843. The number of carbonyl (C=O) groups excluding carboxylic acids is 1. The highest BCUT2D eigenvalue weighted by Gasteiger charge is 2.29. The van der Waals surface area contributed by atoms with Crippen LogP contribution in [0.3, 0.4) is 0 Å². The largest absolute Gasteiger partial charge is 0.397 e. The van der Waals surface area contributed by atoms with Gasteiger partial charge in [-0.1, -0.05) is 6.42 Å². The van der Waals surface area contributed by atoms with Crippen molar-refractivity contribution in [3.05, 3.63) is 18.3 Å². The maximum Gasteiger partial charge on any atom is 0.231 e. The van der Waals surface area contributed by atoms with Crippen LogP contribution in [-0.4, -0.2) is 17.4 Å². The molecule has 4 nitrogen and oxygen atoms in total. The summed E-state index contributed by atoms with van der Waals surface area (Å²) >= 11 is 0. The lowest BCUT2D eigenvalue weighted by Crippen LogP contribution is -2.39. The molecule has 0 saturated heterocycles. The van der Waals surface area contributed by atoms with Crippen molar-refractivity contribution < 1.29 is 4.79 Å². The number of nitrogen functional groups attached to an aromatic ring is 1. The molecule has 1 fully saturated rings. The van der Waals surface area contributed by atoms with Gasteiger partial charge in [0.25, 0.3) is 0 Å². The number of pyridine rings is 1. The first-order valence-electron chi connectivity index (χ1n) is 5.75. The Hall–Kier alpha value is -1.58. The number of aromatic nitrogens is 1. The molecular formula is C12H17N3O. The van der Waals surface area contributed by atoms with Crippen molar-refractivity contribution in [2.75, 3.05) is 17.2 Å². The van der Waals surface area contributed by atoms with E-state index in [0.29, 0.717) is 18.1 Å². The number of amides is 1. The van der Waals surface area contributed by atoms with Gasteiger partial charge in [0, 0.05) is 12.5 Å². The van der Waals surface area contributed by atoms with Crippen LogP contribution in [0.1, 0.15) is 26.2 Å². The number of rotatable bonds is 3. The van der Waals surface area contributed by atoms with Gasteiger partial charge in [-0.3, -0.25) is 9.69 Å². The summed E-state index contributed by atoms with van der Waals surface area (Å²) in [6.07, 6.45) is 4.80. The summed E-state index contributed by atoms with van der Waals surface area (Å²) in [4.78, 5) is 18.0. The third-order valence-corrected chi connectivity index (χ3v) is 3.08. The highest BCUT2D eigenvalue weighted by Crippen LogP contribution is 2.29. The predicted molar refractivity (Wildman–Crippen MR) is 64.0 cm³/mol. The van der Waals surface area contributed by atoms with Crippen LogP contribution in [0.5, 0.6) is 0 Å². The van der Waals surface area contributed by atoms with Crippen molar-refractivity contribution >= 4 is 17.4 Å². The molecule has 1 aromatic heterocycles. The normalized spacial score (nSPS) is 15.6. The SMILES string of the molecule is CCN(C(=O)C1CCC1)c1ccc(N)cn1. The van der Waals surface area contributed by atoms with E-state index in [9.17, 15) is 4.79 Å². The second-order valence-corrected chi connectivity index (χ2v) is 4.16. The lowest BCUT2D eigenvalue weighted by Gasteiger charge is -2.30. The molecule has 0 unspecified atom stereocenters. The summed E-state index contributed by atoms with van der Waals surface area (Å²) in [6.45, 7) is 2.63. The maximum atomic E-state index is 12.1. The molecule has 2 N–H and O–H groups in total. The fourth-order valence-corrected chi connectivity index (χ4v) is 1.86. The van der Waals surface area contributed by atoms with Gasteiger partial charge in [0.05, 0.1) is 11.9 Å². The number of carbonyl (C=O) groups is 1. The molecule has 2 rings (SSSR count). The van der Waals surface area contributed by atoms with Gasteiger partial charge in [-0.25, -0.2) is 4.98 Å². The molecule has 1 aromatic rings. The number of hydrogen-bond donors (Lipinski definition) is 1. The van der Waals surface area contributed by atoms with Crippen LogP contribution >= 0.6 is 0 Å². The first kappa shape index (κ1) is 10.9. The first-order chi connectivity index (χ1) is 7.72. The van der Waals surface area contributed by atoms with Crippen LogP contribution in [0.2, 0.25) is 0 Å². The Morgan fingerprint density at radius 1 is 1.56 bits per heavy atom. The third kappa shape index (κ3) is 2.01. The molecule has 0 atom stereocenters. The summed E-state index contributed by atoms with van der Waals surface area (Å²) in [5.74, 6) is 1.11. The van der Waals surface area contributed by atoms with E-state index in [1.165, 1.54) is 6.42 Å². The minimum absolute atomic E-state index is 0.200. The Kier molecular flexibility index (Phi) is 3.08. The molecular weight excluding hydrogens is 202 g/mol. The Balaban J connectivity index is 2.14. The third-order valence-electron chi connectivity index (χ3n) is 3.08. The van der Waals surface area contributed by atoms with E-state index in [1.807, 2.05) is 6.92 Å². The second-order valence-electron chi connectivity index (χ2n) is 4.16. The van der Waals surface area contributed by atoms with Gasteiger partial charge in [0.1, 0.15) is 5.82 Å². The van der Waals surface area contributed by atoms with Crippen molar-refractivity contribution in [1.82, 2.24) is 4.98 Å². The zero-order valence-corrected chi connectivity index (χ0v) is 9.52. The second kappa shape index (κ2) is 4.51. The van der Waals surface area contributed by atoms with Crippen LogP contribution in [0, 0.1) is 5.92 Å². The lowest BCUT2D eigenvalue weighted by atomic mass is 9.84. The van der Waals surface area contributed by atoms with Crippen LogP contribution in [0.15, 0.2) is 18.3 Å². The molecule has 4 heteroatoms. The maximum absolute atomic E-state index is 12.1. The van der Waals surface area contributed by atoms with Gasteiger partial charge in [-0.2, -0.15) is 0 Å². The molecule has 0 bridgehead atoms. The Morgan fingerprint density at radius 3 is 2.75 bits per heavy atom. The molecule has 1 aliphatic carbocycles. The van der Waals surface area contributed by atoms with Crippen molar-refractivity contribution in [2.24, 2.45) is 5.92 Å². The van der Waals surface area contributed by atoms with Crippen molar-refractivity contribution in [3.8, 4) is 0 Å². The topological polar surface area (TPSA) is 59.2 Å². The average molecular weight is 219 g/mol. The number of anilines is 2. The fraction of sp³-hybridized carbons (Fsp3) is 0.500. The summed E-state index contributed by atoms with van der Waals surface area (Å²) < 4.78 is 0. The standard InChI is InChI=1S/C12H17N3O/c1-2-15(12(16)9-4-3-5-9)11-7-6-10(13)8-14-11/h6-9H,2-5,13H2,1H3. The van der Waals surface area contributed by atoms with Gasteiger partial charge in [0.15, 0.2) is 0 Å². The molecule has 86 valence electrons. The van der Waals surface area contributed by atoms with Crippen LogP contribution in [-0.2, 0) is 4.79 Å². The minimum Gasteiger partial charge on any atom is -0.397 e. The van der Waals surface area contributed by atoms with Crippen molar-refractivity contribution in [3.63, 3.8) is 0 Å². The van der Waals surface area contributed by atoms with Crippen LogP contribution < -0.4 is 10.6 Å². The van der Waals surface area contributed by atoms with E-state index < -0.39 is 0 Å². The molecule has 1 heterocycles. The Morgan fingerprint density at radius 2 is 2.31 bits per heavy atom. The van der Waals surface area contributed by atoms with E-state index in [1.54, 1.807) is 23.2 Å². The van der Waals surface area contributed by atoms with Crippen LogP contribution in [0.4, 0.5) is 11.5 Å². The van der Waals surface area contributed by atoms with Crippen molar-refractivity contribution in [1.29, 1.82) is 0 Å². The number of nitrogens with zero attached hydrogens (tertiary/aromatic N) is 2. The van der Waals surface area contributed by atoms with Gasteiger partial charge in [-0.05, 0) is 31.9 Å². The zero-order valence-electron chi connectivity index (χ0n) is 9.52. The minimum atomic E-state index is 0.200. The number of nitrogens with two attached hydrogens (primary N) is 1. The average Bonchev–Trinajstić information content (AvgIpc) is 2.19. The predicted octanol–water partition coefficient (Wildman–Crippen LogP) is 1.82. The zero-order chi connectivity index (χ0) is 11.5. The molecule has 0 radical (unpaired) electrons. The fourth-order valence-electron chi connectivity index (χ4n) is 1.86. The van der Waals surface area contributed by atoms with E-state index >= 15 is 0 Å². The Labute approximate surface area is 95.5 Å². The van der Waals surface area contributed by atoms with Gasteiger partial charge < -0.3 is 5.73 Å². The monoisotopic (exact) mass is 219 g/mol. The van der Waals surface area contributed by atoms with Gasteiger partial charge in [-0.15, -0.1) is 0 Å². The molecule has 1 amide bonds. The molecule has 0 aromatic carbocycles. The highest BCUT2D eigenvalue weighted by molar-refractivity contribution is 5.94. The Bertz CT molecular complexity index is 370. The number of hydrogen-bond acceptors (Lipinski definition) is 3. The van der Waals surface area contributed by atoms with Crippen LogP contribution in [0.25, 0.3) is 0 Å². The molecule has 0 aliphatic heterocycles. The van der Waals surface area contributed by atoms with E-state index in [0.717, 1.165) is 12.8 Å². The van der Waals surface area contributed by atoms with Gasteiger partial charge in [0.2, 0.25) is 5.91 Å². The highest BCUT2D eigenvalue weighted by atomic mass is 16.2. The lowest BCUT2D eigenvalue weighted by molar-refractivity contribution is -0.124. The summed E-state index contributed by atoms with van der Waals surface area (Å²) in [5, 5.41) is 0. The summed E-state index contributed by atoms with van der Waals surface area (Å²) in [5.41, 5.74) is 6.20. The van der Waals surface area contributed by atoms with E-state index in [-0.39, 0.29) is 11.8 Å². The van der Waals surface area contributed by atoms with E-state index in [2.05, 4.69) is 4.98 Å².